The van der Waals surface area contributed by atoms with Gasteiger partial charge in [0, 0.05) is 18.9 Å². The van der Waals surface area contributed by atoms with Crippen LogP contribution in [0.3, 0.4) is 0 Å². The number of carbonyl (C=O) groups is 1. The summed E-state index contributed by atoms with van der Waals surface area (Å²) in [6.07, 6.45) is 3.35. The van der Waals surface area contributed by atoms with E-state index in [1.165, 1.54) is 23.5 Å². The molecule has 1 N–H and O–H groups in total. The summed E-state index contributed by atoms with van der Waals surface area (Å²) in [4.78, 5) is 21.3. The monoisotopic (exact) mass is 327 g/mol. The molecule has 0 atom stereocenters. The Morgan fingerprint density at radius 2 is 2.04 bits per heavy atom. The minimum atomic E-state index is -0.336. The van der Waals surface area contributed by atoms with Crippen molar-refractivity contribution in [2.75, 3.05) is 0 Å². The highest BCUT2D eigenvalue weighted by molar-refractivity contribution is 7.15. The predicted octanol–water partition coefficient (Wildman–Crippen LogP) is 3.58. The molecule has 0 aliphatic carbocycles. The molecule has 23 heavy (non-hydrogen) atoms. The first-order valence-corrected chi connectivity index (χ1v) is 7.85. The second-order valence-electron chi connectivity index (χ2n) is 4.96. The van der Waals surface area contributed by atoms with Crippen LogP contribution in [0.15, 0.2) is 48.8 Å². The molecule has 0 aliphatic heterocycles. The minimum absolute atomic E-state index is 0.273. The third-order valence-corrected chi connectivity index (χ3v) is 4.26. The Labute approximate surface area is 137 Å². The van der Waals surface area contributed by atoms with Crippen LogP contribution in [-0.2, 0) is 6.54 Å². The zero-order valence-electron chi connectivity index (χ0n) is 12.4. The van der Waals surface area contributed by atoms with Gasteiger partial charge in [-0.05, 0) is 42.3 Å². The van der Waals surface area contributed by atoms with Crippen molar-refractivity contribution in [3.8, 4) is 10.4 Å². The molecule has 4 nitrogen and oxygen atoms in total. The number of pyridine rings is 1. The summed E-state index contributed by atoms with van der Waals surface area (Å²) in [5.41, 5.74) is 1.93. The largest absolute Gasteiger partial charge is 0.347 e. The molecule has 1 amide bonds. The highest BCUT2D eigenvalue weighted by atomic mass is 32.1. The minimum Gasteiger partial charge on any atom is -0.347 e. The maximum absolute atomic E-state index is 13.4. The van der Waals surface area contributed by atoms with E-state index in [-0.39, 0.29) is 11.7 Å². The topological polar surface area (TPSA) is 54.9 Å². The fourth-order valence-corrected chi connectivity index (χ4v) is 3.09. The molecule has 3 rings (SSSR count). The van der Waals surface area contributed by atoms with Crippen molar-refractivity contribution in [3.63, 3.8) is 0 Å². The molecule has 2 heterocycles. The van der Waals surface area contributed by atoms with E-state index in [4.69, 9.17) is 0 Å². The van der Waals surface area contributed by atoms with Crippen LogP contribution in [0.4, 0.5) is 4.39 Å². The standard InChI is InChI=1S/C17H14FN3OS/c1-11-21-15(16(23-11)13-3-2-4-14(18)9-13)17(22)20-10-12-5-7-19-8-6-12/h2-9H,10H2,1H3,(H,20,22). The van der Waals surface area contributed by atoms with Gasteiger partial charge in [-0.25, -0.2) is 9.37 Å². The zero-order valence-corrected chi connectivity index (χ0v) is 13.2. The third kappa shape index (κ3) is 3.60. The van der Waals surface area contributed by atoms with Gasteiger partial charge in [0.05, 0.1) is 9.88 Å². The Morgan fingerprint density at radius 1 is 1.26 bits per heavy atom. The SMILES string of the molecule is Cc1nc(C(=O)NCc2ccncc2)c(-c2cccc(F)c2)s1. The maximum atomic E-state index is 13.4. The highest BCUT2D eigenvalue weighted by Gasteiger charge is 2.18. The molecule has 0 aliphatic rings. The summed E-state index contributed by atoms with van der Waals surface area (Å²) in [7, 11) is 0. The van der Waals surface area contributed by atoms with E-state index < -0.39 is 0 Å². The van der Waals surface area contributed by atoms with Crippen LogP contribution in [0.2, 0.25) is 0 Å². The Balaban J connectivity index is 1.84. The van der Waals surface area contributed by atoms with Crippen molar-refractivity contribution in [1.29, 1.82) is 0 Å². The van der Waals surface area contributed by atoms with Gasteiger partial charge in [0.2, 0.25) is 0 Å². The van der Waals surface area contributed by atoms with Crippen LogP contribution in [0, 0.1) is 12.7 Å². The summed E-state index contributed by atoms with van der Waals surface area (Å²) < 4.78 is 13.4. The Morgan fingerprint density at radius 3 is 2.78 bits per heavy atom. The summed E-state index contributed by atoms with van der Waals surface area (Å²) >= 11 is 1.38. The van der Waals surface area contributed by atoms with Crippen LogP contribution in [-0.4, -0.2) is 15.9 Å². The molecular formula is C17H14FN3OS. The summed E-state index contributed by atoms with van der Waals surface area (Å²) in [5.74, 6) is -0.609. The van der Waals surface area contributed by atoms with Crippen molar-refractivity contribution in [2.45, 2.75) is 13.5 Å². The van der Waals surface area contributed by atoms with E-state index >= 15 is 0 Å². The molecule has 2 aromatic heterocycles. The molecule has 3 aromatic rings. The molecule has 0 radical (unpaired) electrons. The Hall–Kier alpha value is -2.60. The average molecular weight is 327 g/mol. The van der Waals surface area contributed by atoms with Crippen LogP contribution >= 0.6 is 11.3 Å². The molecule has 0 saturated heterocycles. The van der Waals surface area contributed by atoms with Crippen LogP contribution in [0.25, 0.3) is 10.4 Å². The number of nitrogens with zero attached hydrogens (tertiary/aromatic N) is 2. The average Bonchev–Trinajstić information content (AvgIpc) is 2.96. The quantitative estimate of drug-likeness (QED) is 0.797. The molecule has 116 valence electrons. The predicted molar refractivity (Wildman–Crippen MR) is 87.7 cm³/mol. The van der Waals surface area contributed by atoms with Crippen molar-refractivity contribution >= 4 is 17.2 Å². The van der Waals surface area contributed by atoms with Crippen LogP contribution in [0.5, 0.6) is 0 Å². The summed E-state index contributed by atoms with van der Waals surface area (Å²) in [6.45, 7) is 2.22. The van der Waals surface area contributed by atoms with Crippen LogP contribution < -0.4 is 5.32 Å². The number of amides is 1. The van der Waals surface area contributed by atoms with Gasteiger partial charge in [0.15, 0.2) is 0 Å². The highest BCUT2D eigenvalue weighted by Crippen LogP contribution is 2.30. The fourth-order valence-electron chi connectivity index (χ4n) is 2.17. The van der Waals surface area contributed by atoms with E-state index in [0.29, 0.717) is 22.7 Å². The number of hydrogen-bond acceptors (Lipinski definition) is 4. The van der Waals surface area contributed by atoms with E-state index in [1.807, 2.05) is 19.1 Å². The maximum Gasteiger partial charge on any atom is 0.271 e. The number of rotatable bonds is 4. The molecule has 0 spiro atoms. The van der Waals surface area contributed by atoms with Crippen molar-refractivity contribution in [2.24, 2.45) is 0 Å². The third-order valence-electron chi connectivity index (χ3n) is 3.24. The Bertz CT molecular complexity index is 833. The molecule has 6 heteroatoms. The number of aromatic nitrogens is 2. The lowest BCUT2D eigenvalue weighted by molar-refractivity contribution is 0.0947. The first-order valence-electron chi connectivity index (χ1n) is 7.04. The van der Waals surface area contributed by atoms with Crippen molar-refractivity contribution in [3.05, 3.63) is 70.9 Å². The van der Waals surface area contributed by atoms with Gasteiger partial charge in [-0.1, -0.05) is 12.1 Å². The number of nitrogens with one attached hydrogen (secondary N) is 1. The van der Waals surface area contributed by atoms with Gasteiger partial charge in [-0.15, -0.1) is 11.3 Å². The van der Waals surface area contributed by atoms with Crippen molar-refractivity contribution in [1.82, 2.24) is 15.3 Å². The number of halogens is 1. The molecular weight excluding hydrogens is 313 g/mol. The van der Waals surface area contributed by atoms with Gasteiger partial charge in [-0.2, -0.15) is 0 Å². The van der Waals surface area contributed by atoms with Gasteiger partial charge < -0.3 is 5.32 Å². The zero-order chi connectivity index (χ0) is 16.2. The first kappa shape index (κ1) is 15.3. The van der Waals surface area contributed by atoms with Gasteiger partial charge in [0.25, 0.3) is 5.91 Å². The van der Waals surface area contributed by atoms with Gasteiger partial charge in [0.1, 0.15) is 11.5 Å². The van der Waals surface area contributed by atoms with Gasteiger partial charge >= 0.3 is 0 Å². The number of aryl methyl sites for hydroxylation is 1. The molecule has 0 unspecified atom stereocenters. The summed E-state index contributed by atoms with van der Waals surface area (Å²) in [6, 6.07) is 9.85. The lowest BCUT2D eigenvalue weighted by Crippen LogP contribution is -2.23. The molecule has 0 saturated carbocycles. The number of hydrogen-bond donors (Lipinski definition) is 1. The molecule has 1 aromatic carbocycles. The molecule has 0 fully saturated rings. The number of carbonyl (C=O) groups excluding carboxylic acids is 1. The lowest BCUT2D eigenvalue weighted by Gasteiger charge is -2.05. The van der Waals surface area contributed by atoms with E-state index in [1.54, 1.807) is 24.5 Å². The second-order valence-corrected chi connectivity index (χ2v) is 6.16. The van der Waals surface area contributed by atoms with E-state index in [0.717, 1.165) is 10.6 Å². The van der Waals surface area contributed by atoms with Crippen LogP contribution in [0.1, 0.15) is 21.1 Å². The number of thiazole rings is 1. The molecule has 0 bridgehead atoms. The fraction of sp³-hybridized carbons (Fsp3) is 0.118. The number of benzene rings is 1. The summed E-state index contributed by atoms with van der Waals surface area (Å²) in [5, 5.41) is 3.60. The lowest BCUT2D eigenvalue weighted by atomic mass is 10.1. The first-order chi connectivity index (χ1) is 11.1. The van der Waals surface area contributed by atoms with Gasteiger partial charge in [-0.3, -0.25) is 9.78 Å². The van der Waals surface area contributed by atoms with E-state index in [9.17, 15) is 9.18 Å². The second kappa shape index (κ2) is 6.66. The van der Waals surface area contributed by atoms with E-state index in [2.05, 4.69) is 15.3 Å². The normalized spacial score (nSPS) is 10.5. The Kier molecular flexibility index (Phi) is 4.43. The smallest absolute Gasteiger partial charge is 0.271 e. The van der Waals surface area contributed by atoms with Crippen molar-refractivity contribution < 1.29 is 9.18 Å².